The molecule has 128 valence electrons. The lowest BCUT2D eigenvalue weighted by Crippen LogP contribution is -2.35. The third kappa shape index (κ3) is 3.68. The second-order valence-electron chi connectivity index (χ2n) is 5.67. The molecule has 0 aliphatic rings. The van der Waals surface area contributed by atoms with E-state index >= 15 is 0 Å². The Labute approximate surface area is 144 Å². The Morgan fingerprint density at radius 2 is 1.60 bits per heavy atom. The number of nitrogens with zero attached hydrogens (tertiary/aromatic N) is 1. The summed E-state index contributed by atoms with van der Waals surface area (Å²) < 4.78 is 14.7. The zero-order valence-corrected chi connectivity index (χ0v) is 13.8. The average molecular weight is 339 g/mol. The topological polar surface area (TPSA) is 63.1 Å². The second-order valence-corrected chi connectivity index (χ2v) is 5.67. The third-order valence-electron chi connectivity index (χ3n) is 3.99. The van der Waals surface area contributed by atoms with E-state index in [-0.39, 0.29) is 18.4 Å². The highest BCUT2D eigenvalue weighted by Crippen LogP contribution is 2.17. The van der Waals surface area contributed by atoms with Gasteiger partial charge in [0.1, 0.15) is 11.5 Å². The fraction of sp³-hybridized carbons (Fsp3) is 0.158. The summed E-state index contributed by atoms with van der Waals surface area (Å²) in [6, 6.07) is 14.9. The molecule has 5 nitrogen and oxygen atoms in total. The van der Waals surface area contributed by atoms with E-state index in [0.29, 0.717) is 17.8 Å². The Bertz CT molecular complexity index is 916. The number of halogens is 1. The maximum atomic E-state index is 12.8. The summed E-state index contributed by atoms with van der Waals surface area (Å²) in [6.07, 6.45) is 0. The third-order valence-corrected chi connectivity index (χ3v) is 3.99. The summed E-state index contributed by atoms with van der Waals surface area (Å²) in [5, 5.41) is 6.47. The highest BCUT2D eigenvalue weighted by atomic mass is 19.1. The van der Waals surface area contributed by atoms with E-state index in [1.807, 2.05) is 41.9 Å². The molecule has 6 heteroatoms. The molecule has 0 fully saturated rings. The molecule has 0 bridgehead atoms. The lowest BCUT2D eigenvalue weighted by molar-refractivity contribution is 0.0923. The van der Waals surface area contributed by atoms with Crippen molar-refractivity contribution in [2.75, 3.05) is 13.1 Å². The molecule has 0 radical (unpaired) electrons. The van der Waals surface area contributed by atoms with Crippen molar-refractivity contribution >= 4 is 22.7 Å². The molecular weight excluding hydrogens is 321 g/mol. The molecule has 0 unspecified atom stereocenters. The van der Waals surface area contributed by atoms with Crippen LogP contribution in [0.5, 0.6) is 0 Å². The van der Waals surface area contributed by atoms with E-state index in [2.05, 4.69) is 10.6 Å². The van der Waals surface area contributed by atoms with Crippen LogP contribution in [-0.4, -0.2) is 29.5 Å². The van der Waals surface area contributed by atoms with Crippen molar-refractivity contribution in [3.8, 4) is 0 Å². The minimum atomic E-state index is -0.390. The molecule has 1 aromatic heterocycles. The molecule has 25 heavy (non-hydrogen) atoms. The van der Waals surface area contributed by atoms with Crippen molar-refractivity contribution in [3.05, 3.63) is 71.7 Å². The molecule has 3 rings (SSSR count). The SMILES string of the molecule is Cn1c(C(=O)NCCNC(=O)c2ccc(F)cc2)cc2ccccc21. The van der Waals surface area contributed by atoms with Crippen LogP contribution in [0.25, 0.3) is 10.9 Å². The number of nitrogens with one attached hydrogen (secondary N) is 2. The van der Waals surface area contributed by atoms with Gasteiger partial charge in [0, 0.05) is 36.6 Å². The van der Waals surface area contributed by atoms with Gasteiger partial charge < -0.3 is 15.2 Å². The molecule has 0 atom stereocenters. The fourth-order valence-corrected chi connectivity index (χ4v) is 2.65. The molecule has 2 N–H and O–H groups in total. The number of carbonyl (C=O) groups excluding carboxylic acids is 2. The number of carbonyl (C=O) groups is 2. The lowest BCUT2D eigenvalue weighted by atomic mass is 10.2. The van der Waals surface area contributed by atoms with Gasteiger partial charge in [0.15, 0.2) is 0 Å². The lowest BCUT2D eigenvalue weighted by Gasteiger charge is -2.08. The Morgan fingerprint density at radius 3 is 2.28 bits per heavy atom. The van der Waals surface area contributed by atoms with Gasteiger partial charge in [-0.1, -0.05) is 18.2 Å². The molecule has 2 aromatic carbocycles. The van der Waals surface area contributed by atoms with Crippen molar-refractivity contribution in [2.24, 2.45) is 7.05 Å². The minimum Gasteiger partial charge on any atom is -0.350 e. The van der Waals surface area contributed by atoms with Crippen molar-refractivity contribution < 1.29 is 14.0 Å². The number of hydrogen-bond acceptors (Lipinski definition) is 2. The van der Waals surface area contributed by atoms with E-state index in [9.17, 15) is 14.0 Å². The van der Waals surface area contributed by atoms with Gasteiger partial charge in [0.25, 0.3) is 11.8 Å². The summed E-state index contributed by atoms with van der Waals surface area (Å²) >= 11 is 0. The number of aromatic nitrogens is 1. The van der Waals surface area contributed by atoms with E-state index < -0.39 is 5.82 Å². The van der Waals surface area contributed by atoms with Crippen molar-refractivity contribution in [3.63, 3.8) is 0 Å². The van der Waals surface area contributed by atoms with E-state index in [4.69, 9.17) is 0 Å². The number of benzene rings is 2. The maximum Gasteiger partial charge on any atom is 0.267 e. The first-order valence-corrected chi connectivity index (χ1v) is 7.92. The monoisotopic (exact) mass is 339 g/mol. The van der Waals surface area contributed by atoms with Crippen molar-refractivity contribution in [1.82, 2.24) is 15.2 Å². The normalized spacial score (nSPS) is 10.6. The second kappa shape index (κ2) is 7.17. The summed E-state index contributed by atoms with van der Waals surface area (Å²) in [5.41, 5.74) is 1.92. The zero-order chi connectivity index (χ0) is 17.8. The van der Waals surface area contributed by atoms with Crippen LogP contribution in [0.1, 0.15) is 20.8 Å². The average Bonchev–Trinajstić information content (AvgIpc) is 2.96. The van der Waals surface area contributed by atoms with Crippen LogP contribution >= 0.6 is 0 Å². The minimum absolute atomic E-state index is 0.199. The highest BCUT2D eigenvalue weighted by molar-refractivity contribution is 5.98. The zero-order valence-electron chi connectivity index (χ0n) is 13.8. The summed E-state index contributed by atoms with van der Waals surface area (Å²) in [5.74, 6) is -0.896. The summed E-state index contributed by atoms with van der Waals surface area (Å²) in [4.78, 5) is 24.2. The van der Waals surface area contributed by atoms with E-state index in [1.54, 1.807) is 0 Å². The fourth-order valence-electron chi connectivity index (χ4n) is 2.65. The molecule has 2 amide bonds. The van der Waals surface area contributed by atoms with Gasteiger partial charge >= 0.3 is 0 Å². The molecule has 3 aromatic rings. The van der Waals surface area contributed by atoms with Gasteiger partial charge in [-0.3, -0.25) is 9.59 Å². The van der Waals surface area contributed by atoms with Crippen LogP contribution in [0.15, 0.2) is 54.6 Å². The van der Waals surface area contributed by atoms with E-state index in [1.165, 1.54) is 24.3 Å². The molecular formula is C19H18FN3O2. The predicted molar refractivity (Wildman–Crippen MR) is 94.0 cm³/mol. The standard InChI is InChI=1S/C19H18FN3O2/c1-23-16-5-3-2-4-14(16)12-17(23)19(25)22-11-10-21-18(24)13-6-8-15(20)9-7-13/h2-9,12H,10-11H2,1H3,(H,21,24)(H,22,25). The van der Waals surface area contributed by atoms with Gasteiger partial charge in [0.2, 0.25) is 0 Å². The smallest absolute Gasteiger partial charge is 0.267 e. The van der Waals surface area contributed by atoms with Crippen LogP contribution in [-0.2, 0) is 7.05 Å². The largest absolute Gasteiger partial charge is 0.350 e. The van der Waals surface area contributed by atoms with Gasteiger partial charge in [-0.2, -0.15) is 0 Å². The van der Waals surface area contributed by atoms with Crippen molar-refractivity contribution in [2.45, 2.75) is 0 Å². The van der Waals surface area contributed by atoms with Crippen LogP contribution in [0, 0.1) is 5.82 Å². The van der Waals surface area contributed by atoms with Gasteiger partial charge in [-0.05, 0) is 36.4 Å². The molecule has 1 heterocycles. The number of aryl methyl sites for hydroxylation is 1. The first-order valence-electron chi connectivity index (χ1n) is 7.92. The first-order chi connectivity index (χ1) is 12.1. The Morgan fingerprint density at radius 1 is 0.960 bits per heavy atom. The van der Waals surface area contributed by atoms with Gasteiger partial charge in [-0.15, -0.1) is 0 Å². The van der Waals surface area contributed by atoms with Crippen LogP contribution in [0.4, 0.5) is 4.39 Å². The molecule has 0 aliphatic heterocycles. The highest BCUT2D eigenvalue weighted by Gasteiger charge is 2.12. The predicted octanol–water partition coefficient (Wildman–Crippen LogP) is 2.48. The van der Waals surface area contributed by atoms with E-state index in [0.717, 1.165) is 10.9 Å². The van der Waals surface area contributed by atoms with Gasteiger partial charge in [0.05, 0.1) is 0 Å². The first kappa shape index (κ1) is 16.7. The van der Waals surface area contributed by atoms with Crippen LogP contribution < -0.4 is 10.6 Å². The van der Waals surface area contributed by atoms with Crippen LogP contribution in [0.3, 0.4) is 0 Å². The number of hydrogen-bond donors (Lipinski definition) is 2. The number of para-hydroxylation sites is 1. The molecule has 0 spiro atoms. The quantitative estimate of drug-likeness (QED) is 0.702. The summed E-state index contributed by atoms with van der Waals surface area (Å²) in [7, 11) is 1.84. The summed E-state index contributed by atoms with van der Waals surface area (Å²) in [6.45, 7) is 0.583. The Hall–Kier alpha value is -3.15. The number of fused-ring (bicyclic) bond motifs is 1. The van der Waals surface area contributed by atoms with Crippen LogP contribution in [0.2, 0.25) is 0 Å². The molecule has 0 saturated heterocycles. The van der Waals surface area contributed by atoms with Gasteiger partial charge in [-0.25, -0.2) is 4.39 Å². The molecule has 0 aliphatic carbocycles. The van der Waals surface area contributed by atoms with Crippen molar-refractivity contribution in [1.29, 1.82) is 0 Å². The Kier molecular flexibility index (Phi) is 4.79. The number of amides is 2. The maximum absolute atomic E-state index is 12.8. The molecule has 0 saturated carbocycles. The Balaban J connectivity index is 1.53. The number of rotatable bonds is 5.